The Bertz CT molecular complexity index is 456. The summed E-state index contributed by atoms with van der Waals surface area (Å²) in [6.07, 6.45) is 3.14. The van der Waals surface area contributed by atoms with E-state index < -0.39 is 0 Å². The first-order valence-corrected chi connectivity index (χ1v) is 7.05. The number of hydrogen-bond donors (Lipinski definition) is 2. The molecule has 0 saturated heterocycles. The van der Waals surface area contributed by atoms with E-state index in [-0.39, 0.29) is 24.0 Å². The Morgan fingerprint density at radius 2 is 2.30 bits per heavy atom. The predicted octanol–water partition coefficient (Wildman–Crippen LogP) is 1.47. The lowest BCUT2D eigenvalue weighted by Crippen LogP contribution is -2.38. The molecular weight excluding hydrogens is 367 g/mol. The molecule has 1 aromatic rings. The maximum atomic E-state index is 5.88. The predicted molar refractivity (Wildman–Crippen MR) is 91.4 cm³/mol. The molecule has 0 radical (unpaired) electrons. The van der Waals surface area contributed by atoms with Gasteiger partial charge in [-0.3, -0.25) is 4.99 Å². The van der Waals surface area contributed by atoms with Crippen LogP contribution in [0.2, 0.25) is 0 Å². The van der Waals surface area contributed by atoms with E-state index in [9.17, 15) is 0 Å². The number of nitrogens with zero attached hydrogens (tertiary/aromatic N) is 4. The van der Waals surface area contributed by atoms with Gasteiger partial charge in [0.05, 0.1) is 0 Å². The molecule has 0 bridgehead atoms. The van der Waals surface area contributed by atoms with Crippen molar-refractivity contribution < 1.29 is 0 Å². The topological polar surface area (TPSA) is 81.1 Å². The van der Waals surface area contributed by atoms with Crippen LogP contribution in [0, 0.1) is 12.8 Å². The molecule has 1 aromatic heterocycles. The Hall–Kier alpha value is -0.860. The lowest BCUT2D eigenvalue weighted by atomic mass is 9.99. The summed E-state index contributed by atoms with van der Waals surface area (Å²) in [6.45, 7) is 7.96. The Morgan fingerprint density at radius 1 is 1.55 bits per heavy atom. The van der Waals surface area contributed by atoms with Crippen molar-refractivity contribution in [3.05, 3.63) is 11.6 Å². The highest BCUT2D eigenvalue weighted by Gasteiger charge is 2.21. The highest BCUT2D eigenvalue weighted by atomic mass is 127. The third-order valence-corrected chi connectivity index (χ3v) is 3.76. The van der Waals surface area contributed by atoms with Gasteiger partial charge in [0.15, 0.2) is 5.96 Å². The minimum absolute atomic E-state index is 0. The first-order chi connectivity index (χ1) is 9.10. The molecule has 114 valence electrons. The Morgan fingerprint density at radius 3 is 3.00 bits per heavy atom. The van der Waals surface area contributed by atoms with Crippen molar-refractivity contribution in [3.8, 4) is 0 Å². The zero-order valence-corrected chi connectivity index (χ0v) is 14.8. The summed E-state index contributed by atoms with van der Waals surface area (Å²) in [5.74, 6) is 3.18. The van der Waals surface area contributed by atoms with Crippen LogP contribution in [0.15, 0.2) is 4.99 Å². The Balaban J connectivity index is 0.00000200. The molecule has 0 saturated carbocycles. The van der Waals surface area contributed by atoms with E-state index in [0.717, 1.165) is 44.0 Å². The fourth-order valence-electron chi connectivity index (χ4n) is 2.31. The third kappa shape index (κ3) is 4.32. The van der Waals surface area contributed by atoms with Crippen LogP contribution in [0.3, 0.4) is 0 Å². The van der Waals surface area contributed by atoms with Crippen LogP contribution in [0.1, 0.15) is 38.3 Å². The molecule has 0 aliphatic carbocycles. The van der Waals surface area contributed by atoms with Crippen LogP contribution in [0.5, 0.6) is 0 Å². The maximum absolute atomic E-state index is 5.88. The van der Waals surface area contributed by atoms with Crippen molar-refractivity contribution in [1.82, 2.24) is 20.1 Å². The molecule has 20 heavy (non-hydrogen) atoms. The maximum Gasteiger partial charge on any atom is 0.188 e. The lowest BCUT2D eigenvalue weighted by Gasteiger charge is -2.22. The molecule has 0 amide bonds. The minimum Gasteiger partial charge on any atom is -0.370 e. The SMILES string of the molecule is CCC(C)NC(N)=NCC1CCc2nnc(C)n2C1.I. The molecule has 1 aliphatic heterocycles. The van der Waals surface area contributed by atoms with Crippen molar-refractivity contribution in [2.24, 2.45) is 16.6 Å². The number of nitrogens with one attached hydrogen (secondary N) is 1. The molecule has 2 rings (SSSR count). The zero-order chi connectivity index (χ0) is 13.8. The van der Waals surface area contributed by atoms with Crippen LogP contribution >= 0.6 is 24.0 Å². The molecule has 2 unspecified atom stereocenters. The van der Waals surface area contributed by atoms with Gasteiger partial charge in [-0.2, -0.15) is 0 Å². The fraction of sp³-hybridized carbons (Fsp3) is 0.769. The third-order valence-electron chi connectivity index (χ3n) is 3.76. The Kier molecular flexibility index (Phi) is 6.70. The molecule has 2 heterocycles. The van der Waals surface area contributed by atoms with Gasteiger partial charge in [-0.15, -0.1) is 34.2 Å². The number of fused-ring (bicyclic) bond motifs is 1. The van der Waals surface area contributed by atoms with Crippen LogP contribution in [-0.2, 0) is 13.0 Å². The van der Waals surface area contributed by atoms with E-state index in [1.54, 1.807) is 0 Å². The van der Waals surface area contributed by atoms with Gasteiger partial charge in [-0.25, -0.2) is 0 Å². The van der Waals surface area contributed by atoms with Crippen LogP contribution in [-0.4, -0.2) is 33.3 Å². The van der Waals surface area contributed by atoms with Gasteiger partial charge >= 0.3 is 0 Å². The first kappa shape index (κ1) is 17.2. The van der Waals surface area contributed by atoms with Crippen molar-refractivity contribution in [2.45, 2.75) is 52.6 Å². The quantitative estimate of drug-likeness (QED) is 0.462. The zero-order valence-electron chi connectivity index (χ0n) is 12.5. The number of halogens is 1. The van der Waals surface area contributed by atoms with Gasteiger partial charge in [-0.05, 0) is 32.6 Å². The second kappa shape index (κ2) is 7.80. The largest absolute Gasteiger partial charge is 0.370 e. The van der Waals surface area contributed by atoms with Crippen molar-refractivity contribution >= 4 is 29.9 Å². The van der Waals surface area contributed by atoms with E-state index in [1.807, 2.05) is 6.92 Å². The number of nitrogens with two attached hydrogens (primary N) is 1. The normalized spacial score (nSPS) is 19.9. The molecule has 2 atom stereocenters. The van der Waals surface area contributed by atoms with E-state index in [1.165, 1.54) is 0 Å². The first-order valence-electron chi connectivity index (χ1n) is 7.05. The summed E-state index contributed by atoms with van der Waals surface area (Å²) < 4.78 is 2.20. The highest BCUT2D eigenvalue weighted by molar-refractivity contribution is 14.0. The van der Waals surface area contributed by atoms with Crippen LogP contribution < -0.4 is 11.1 Å². The lowest BCUT2D eigenvalue weighted by molar-refractivity contribution is 0.369. The smallest absolute Gasteiger partial charge is 0.188 e. The van der Waals surface area contributed by atoms with Crippen LogP contribution in [0.25, 0.3) is 0 Å². The van der Waals surface area contributed by atoms with Gasteiger partial charge in [0.1, 0.15) is 11.6 Å². The number of hydrogen-bond acceptors (Lipinski definition) is 3. The molecule has 6 nitrogen and oxygen atoms in total. The summed E-state index contributed by atoms with van der Waals surface area (Å²) >= 11 is 0. The van der Waals surface area contributed by atoms with E-state index in [0.29, 0.717) is 17.9 Å². The number of guanidine groups is 1. The highest BCUT2D eigenvalue weighted by Crippen LogP contribution is 2.19. The van der Waals surface area contributed by atoms with E-state index >= 15 is 0 Å². The standard InChI is InChI=1S/C13H24N6.HI/c1-4-9(2)16-13(14)15-7-11-5-6-12-18-17-10(3)19(12)8-11;/h9,11H,4-8H2,1-3H3,(H3,14,15,16);1H. The number of rotatable bonds is 4. The molecule has 0 aromatic carbocycles. The number of aliphatic imine (C=N–C) groups is 1. The number of aromatic nitrogens is 3. The average Bonchev–Trinajstić information content (AvgIpc) is 2.78. The van der Waals surface area contributed by atoms with Crippen molar-refractivity contribution in [2.75, 3.05) is 6.54 Å². The summed E-state index contributed by atoms with van der Waals surface area (Å²) in [5, 5.41) is 11.5. The molecule has 1 aliphatic rings. The van der Waals surface area contributed by atoms with Gasteiger partial charge in [0.2, 0.25) is 0 Å². The van der Waals surface area contributed by atoms with Gasteiger partial charge in [-0.1, -0.05) is 6.92 Å². The van der Waals surface area contributed by atoms with Gasteiger partial charge in [0.25, 0.3) is 0 Å². The second-order valence-electron chi connectivity index (χ2n) is 5.36. The molecule has 3 N–H and O–H groups in total. The summed E-state index contributed by atoms with van der Waals surface area (Å²) in [5.41, 5.74) is 5.88. The average molecular weight is 392 g/mol. The van der Waals surface area contributed by atoms with E-state index in [4.69, 9.17) is 5.73 Å². The second-order valence-corrected chi connectivity index (χ2v) is 5.36. The minimum atomic E-state index is 0. The van der Waals surface area contributed by atoms with Crippen molar-refractivity contribution in [1.29, 1.82) is 0 Å². The van der Waals surface area contributed by atoms with E-state index in [2.05, 4.69) is 38.9 Å². The molecular formula is C13H25IN6. The summed E-state index contributed by atoms with van der Waals surface area (Å²) in [6, 6.07) is 0.377. The molecule has 0 fully saturated rings. The Labute approximate surface area is 137 Å². The monoisotopic (exact) mass is 392 g/mol. The van der Waals surface area contributed by atoms with Gasteiger partial charge in [0, 0.05) is 25.6 Å². The van der Waals surface area contributed by atoms with Crippen molar-refractivity contribution in [3.63, 3.8) is 0 Å². The molecule has 0 spiro atoms. The summed E-state index contributed by atoms with van der Waals surface area (Å²) in [7, 11) is 0. The number of aryl methyl sites for hydroxylation is 2. The van der Waals surface area contributed by atoms with Gasteiger partial charge < -0.3 is 15.6 Å². The summed E-state index contributed by atoms with van der Waals surface area (Å²) in [4.78, 5) is 4.45. The molecule has 7 heteroatoms. The fourth-order valence-corrected chi connectivity index (χ4v) is 2.31. The van der Waals surface area contributed by atoms with Crippen LogP contribution in [0.4, 0.5) is 0 Å².